The number of quaternary nitrogens is 1. The van der Waals surface area contributed by atoms with E-state index < -0.39 is 18.1 Å². The maximum Gasteiger partial charge on any atom is 0.306 e. The van der Waals surface area contributed by atoms with Crippen LogP contribution in [-0.4, -0.2) is 75.5 Å². The molecular formula is C55H93NO7. The number of carbonyl (C=O) groups excluding carboxylic acids is 3. The van der Waals surface area contributed by atoms with Crippen molar-refractivity contribution >= 4 is 17.9 Å². The summed E-state index contributed by atoms with van der Waals surface area (Å²) in [5, 5.41) is 11.7. The Balaban J connectivity index is 4.35. The minimum absolute atomic E-state index is 0.0239. The highest BCUT2D eigenvalue weighted by Gasteiger charge is 2.25. The molecule has 0 saturated heterocycles. The number of ether oxygens (including phenoxy) is 3. The molecular weight excluding hydrogens is 787 g/mol. The van der Waals surface area contributed by atoms with Gasteiger partial charge in [-0.15, -0.1) is 0 Å². The van der Waals surface area contributed by atoms with Gasteiger partial charge in [-0.25, -0.2) is 0 Å². The van der Waals surface area contributed by atoms with Crippen molar-refractivity contribution in [3.05, 3.63) is 85.1 Å². The normalized spacial score (nSPS) is 13.6. The molecule has 0 aromatic heterocycles. The predicted molar refractivity (Wildman–Crippen MR) is 263 cm³/mol. The average molecular weight is 880 g/mol. The van der Waals surface area contributed by atoms with E-state index in [-0.39, 0.29) is 42.7 Å². The number of allylic oxidation sites excluding steroid dienone is 14. The molecule has 360 valence electrons. The van der Waals surface area contributed by atoms with Crippen LogP contribution in [0, 0.1) is 0 Å². The molecule has 0 aliphatic heterocycles. The van der Waals surface area contributed by atoms with Gasteiger partial charge in [-0.2, -0.15) is 0 Å². The minimum Gasteiger partial charge on any atom is -0.544 e. The van der Waals surface area contributed by atoms with Crippen molar-refractivity contribution in [2.24, 2.45) is 0 Å². The SMILES string of the molecule is CC/C=C/C/C=C/C/C=C/C/C=C/C/C=C/C/C=C/CCCCCC(=O)OCC(COCCC(C(=O)[O-])[N+](C)(C)C)OC(=O)CCCCCCCCC/C=C/CCCCCCCC. The molecule has 0 aliphatic carbocycles. The van der Waals surface area contributed by atoms with Crippen LogP contribution < -0.4 is 5.11 Å². The molecule has 0 rings (SSSR count). The van der Waals surface area contributed by atoms with E-state index in [9.17, 15) is 19.5 Å². The van der Waals surface area contributed by atoms with Gasteiger partial charge in [0.05, 0.1) is 40.3 Å². The number of carboxylic acid groups (broad SMARTS) is 1. The maximum absolute atomic E-state index is 12.8. The van der Waals surface area contributed by atoms with E-state index in [0.717, 1.165) is 83.5 Å². The molecule has 2 atom stereocenters. The van der Waals surface area contributed by atoms with E-state index in [1.807, 2.05) is 0 Å². The third-order valence-corrected chi connectivity index (χ3v) is 10.8. The van der Waals surface area contributed by atoms with Gasteiger partial charge in [0.25, 0.3) is 0 Å². The fourth-order valence-electron chi connectivity index (χ4n) is 6.89. The number of carbonyl (C=O) groups is 3. The second kappa shape index (κ2) is 45.1. The largest absolute Gasteiger partial charge is 0.544 e. The van der Waals surface area contributed by atoms with E-state index >= 15 is 0 Å². The number of aliphatic carboxylic acids is 1. The lowest BCUT2D eigenvalue weighted by Crippen LogP contribution is -2.55. The number of carboxylic acids is 1. The van der Waals surface area contributed by atoms with E-state index in [1.165, 1.54) is 77.0 Å². The Labute approximate surface area is 386 Å². The molecule has 2 unspecified atom stereocenters. The summed E-state index contributed by atoms with van der Waals surface area (Å²) >= 11 is 0. The zero-order valence-corrected chi connectivity index (χ0v) is 41.0. The first-order valence-electron chi connectivity index (χ1n) is 25.1. The molecule has 8 nitrogen and oxygen atoms in total. The molecule has 0 N–H and O–H groups in total. The van der Waals surface area contributed by atoms with Crippen LogP contribution in [-0.2, 0) is 28.6 Å². The number of unbranched alkanes of at least 4 members (excludes halogenated alkanes) is 16. The molecule has 8 heteroatoms. The van der Waals surface area contributed by atoms with Crippen molar-refractivity contribution in [1.29, 1.82) is 0 Å². The topological polar surface area (TPSA) is 102 Å². The number of rotatable bonds is 44. The van der Waals surface area contributed by atoms with Crippen LogP contribution in [0.2, 0.25) is 0 Å². The van der Waals surface area contributed by atoms with Crippen LogP contribution in [0.5, 0.6) is 0 Å². The van der Waals surface area contributed by atoms with Crippen molar-refractivity contribution in [1.82, 2.24) is 0 Å². The smallest absolute Gasteiger partial charge is 0.306 e. The van der Waals surface area contributed by atoms with Gasteiger partial charge in [0, 0.05) is 19.3 Å². The molecule has 0 saturated carbocycles. The van der Waals surface area contributed by atoms with E-state index in [2.05, 4.69) is 98.9 Å². The summed E-state index contributed by atoms with van der Waals surface area (Å²) in [7, 11) is 5.40. The van der Waals surface area contributed by atoms with Crippen molar-refractivity contribution in [3.8, 4) is 0 Å². The zero-order valence-electron chi connectivity index (χ0n) is 41.0. The Hall–Kier alpha value is -3.49. The summed E-state index contributed by atoms with van der Waals surface area (Å²) < 4.78 is 17.2. The van der Waals surface area contributed by atoms with Crippen LogP contribution in [0.15, 0.2) is 85.1 Å². The fraction of sp³-hybridized carbons (Fsp3) is 0.691. The first kappa shape index (κ1) is 59.5. The predicted octanol–water partition coefficient (Wildman–Crippen LogP) is 13.1. The molecule has 0 fully saturated rings. The summed E-state index contributed by atoms with van der Waals surface area (Å²) in [6, 6.07) is -0.736. The first-order valence-corrected chi connectivity index (χ1v) is 25.1. The number of esters is 2. The first-order chi connectivity index (χ1) is 30.6. The van der Waals surface area contributed by atoms with Gasteiger partial charge in [-0.1, -0.05) is 170 Å². The molecule has 0 spiro atoms. The van der Waals surface area contributed by atoms with Crippen molar-refractivity contribution < 1.29 is 38.2 Å². The molecule has 0 radical (unpaired) electrons. The Morgan fingerprint density at radius 3 is 1.35 bits per heavy atom. The molecule has 0 amide bonds. The summed E-state index contributed by atoms with van der Waals surface area (Å²) in [6.45, 7) is 4.50. The fourth-order valence-corrected chi connectivity index (χ4v) is 6.89. The third-order valence-electron chi connectivity index (χ3n) is 10.8. The molecule has 0 heterocycles. The van der Waals surface area contributed by atoms with Crippen molar-refractivity contribution in [2.75, 3.05) is 41.0 Å². The van der Waals surface area contributed by atoms with Crippen LogP contribution >= 0.6 is 0 Å². The average Bonchev–Trinajstić information content (AvgIpc) is 3.24. The van der Waals surface area contributed by atoms with Gasteiger partial charge in [-0.3, -0.25) is 9.59 Å². The van der Waals surface area contributed by atoms with Crippen molar-refractivity contribution in [3.63, 3.8) is 0 Å². The number of hydrogen-bond donors (Lipinski definition) is 0. The van der Waals surface area contributed by atoms with E-state index in [1.54, 1.807) is 21.1 Å². The highest BCUT2D eigenvalue weighted by molar-refractivity contribution is 5.70. The quantitative estimate of drug-likeness (QED) is 0.0260. The van der Waals surface area contributed by atoms with Gasteiger partial charge in [-0.05, 0) is 89.9 Å². The van der Waals surface area contributed by atoms with Crippen LogP contribution in [0.1, 0.15) is 194 Å². The number of likely N-dealkylation sites (N-methyl/N-ethyl adjacent to an activating group) is 1. The number of nitrogens with zero attached hydrogens (tertiary/aromatic N) is 1. The van der Waals surface area contributed by atoms with Gasteiger partial charge in [0.15, 0.2) is 6.10 Å². The van der Waals surface area contributed by atoms with Crippen LogP contribution in [0.25, 0.3) is 0 Å². The molecule has 63 heavy (non-hydrogen) atoms. The standard InChI is InChI=1S/C55H93NO7/c1-6-8-10-12-14-16-18-20-22-24-25-26-27-28-30-31-33-35-37-39-41-43-45-53(57)62-50-51(49-61-48-47-52(55(59)60)56(3,4)5)63-54(58)46-44-42-40-38-36-34-32-29-23-21-19-17-15-13-11-9-7-2/h8,10,14,16,20-23,25-26,28,30,33,35,51-52H,6-7,9,11-13,15,17-19,24,27,29,31-32,34,36-50H2,1-5H3/b10-8+,16-14+,22-20+,23-21+,26-25+,30-28+,35-33+. The monoisotopic (exact) mass is 880 g/mol. The van der Waals surface area contributed by atoms with Crippen LogP contribution in [0.4, 0.5) is 0 Å². The Bertz CT molecular complexity index is 1300. The summed E-state index contributed by atoms with van der Waals surface area (Å²) in [5.74, 6) is -1.79. The lowest BCUT2D eigenvalue weighted by atomic mass is 10.1. The van der Waals surface area contributed by atoms with Gasteiger partial charge in [0.1, 0.15) is 12.6 Å². The highest BCUT2D eigenvalue weighted by atomic mass is 16.6. The lowest BCUT2D eigenvalue weighted by Gasteiger charge is -2.34. The second-order valence-corrected chi connectivity index (χ2v) is 17.7. The molecule has 0 aromatic rings. The van der Waals surface area contributed by atoms with E-state index in [0.29, 0.717) is 12.8 Å². The minimum atomic E-state index is -1.13. The maximum atomic E-state index is 12.8. The molecule has 0 aromatic carbocycles. The Morgan fingerprint density at radius 2 is 0.889 bits per heavy atom. The Kier molecular flexibility index (Phi) is 42.6. The van der Waals surface area contributed by atoms with Gasteiger partial charge in [0.2, 0.25) is 0 Å². The van der Waals surface area contributed by atoms with Gasteiger partial charge < -0.3 is 28.6 Å². The van der Waals surface area contributed by atoms with Gasteiger partial charge >= 0.3 is 11.9 Å². The summed E-state index contributed by atoms with van der Waals surface area (Å²) in [6.07, 6.45) is 58.9. The van der Waals surface area contributed by atoms with Crippen molar-refractivity contribution in [2.45, 2.75) is 206 Å². The highest BCUT2D eigenvalue weighted by Crippen LogP contribution is 2.14. The molecule has 0 aliphatic rings. The Morgan fingerprint density at radius 1 is 0.492 bits per heavy atom. The second-order valence-electron chi connectivity index (χ2n) is 17.7. The zero-order chi connectivity index (χ0) is 46.3. The lowest BCUT2D eigenvalue weighted by molar-refractivity contribution is -0.889. The molecule has 0 bridgehead atoms. The summed E-state index contributed by atoms with van der Waals surface area (Å²) in [4.78, 5) is 37.0. The third kappa shape index (κ3) is 43.5. The van der Waals surface area contributed by atoms with Crippen LogP contribution in [0.3, 0.4) is 0 Å². The summed E-state index contributed by atoms with van der Waals surface area (Å²) in [5.41, 5.74) is 0. The van der Waals surface area contributed by atoms with E-state index in [4.69, 9.17) is 14.2 Å². The number of hydrogen-bond acceptors (Lipinski definition) is 7.